The Bertz CT molecular complexity index is 2240. The molecule has 5 N–H and O–H groups in total. The normalized spacial score (nSPS) is 14.0. The van der Waals surface area contributed by atoms with E-state index >= 15 is 0 Å². The number of nitrogens with one attached hydrogen (secondary N) is 4. The number of hydrogen-bond acceptors (Lipinski definition) is 8. The van der Waals surface area contributed by atoms with Gasteiger partial charge in [-0.2, -0.15) is 6.20 Å². The second kappa shape index (κ2) is 25.6. The number of carboxylic acid groups (broad SMARTS) is 1. The van der Waals surface area contributed by atoms with Crippen LogP contribution < -0.4 is 90.5 Å². The molecule has 0 saturated carbocycles. The number of amides is 3. The summed E-state index contributed by atoms with van der Waals surface area (Å²) in [5.41, 5.74) is 2.90. The molecular formula is C45H54N5Na2O8P. The molecule has 16 heteroatoms. The zero-order valence-corrected chi connectivity index (χ0v) is 40.7. The van der Waals surface area contributed by atoms with Crippen LogP contribution in [-0.2, 0) is 43.1 Å². The van der Waals surface area contributed by atoms with Crippen molar-refractivity contribution in [1.29, 1.82) is 0 Å². The monoisotopic (exact) mass is 869 g/mol. The molecule has 5 rings (SSSR count). The minimum Gasteiger partial charge on any atom is -0.663 e. The second-order valence-corrected chi connectivity index (χ2v) is 17.9. The van der Waals surface area contributed by atoms with Crippen LogP contribution >= 0.6 is 7.37 Å². The number of aromatic nitrogens is 1. The molecule has 1 heterocycles. The Balaban J connectivity index is 0.00000496. The van der Waals surface area contributed by atoms with Crippen LogP contribution in [0.2, 0.25) is 0 Å². The average molecular weight is 870 g/mol. The third kappa shape index (κ3) is 16.0. The van der Waals surface area contributed by atoms with Gasteiger partial charge in [0.1, 0.15) is 12.4 Å². The number of carboxylic acids is 1. The minimum absolute atomic E-state index is 0. The van der Waals surface area contributed by atoms with E-state index in [-0.39, 0.29) is 90.9 Å². The summed E-state index contributed by atoms with van der Waals surface area (Å²) in [4.78, 5) is 68.5. The number of unbranched alkanes of at least 4 members (excludes halogenated alkanes) is 1. The van der Waals surface area contributed by atoms with Crippen molar-refractivity contribution >= 4 is 52.9 Å². The summed E-state index contributed by atoms with van der Waals surface area (Å²) in [5, 5.41) is 26.2. The molecular weight excluding hydrogens is 815 g/mol. The minimum atomic E-state index is -4.39. The number of rotatable bonds is 22. The summed E-state index contributed by atoms with van der Waals surface area (Å²) in [6.45, 7) is 4.23. The number of hydrogen-bond donors (Lipinski definition) is 5. The summed E-state index contributed by atoms with van der Waals surface area (Å²) in [5.74, 6) is -5.07. The van der Waals surface area contributed by atoms with E-state index in [2.05, 4.69) is 26.3 Å². The zero-order chi connectivity index (χ0) is 42.4. The molecule has 13 nitrogen and oxygen atoms in total. The molecule has 314 valence electrons. The van der Waals surface area contributed by atoms with Gasteiger partial charge in [0.05, 0.1) is 18.1 Å². The van der Waals surface area contributed by atoms with E-state index in [1.54, 1.807) is 13.2 Å². The van der Waals surface area contributed by atoms with Crippen molar-refractivity contribution in [1.82, 2.24) is 26.3 Å². The maximum absolute atomic E-state index is 14.6. The molecule has 0 spiro atoms. The molecule has 3 unspecified atom stereocenters. The standard InChI is InChI=1S/C45H55N5O8P.2Na/c1-30(2)23-36(42(51)49-40(44(53)54)26-35-27-48-38-18-10-9-17-37(35)38)29-59(56,57)41(25-32-20-21-33-15-7-8-16-34(33)24-32)50-43(52)39(46-3)19-11-12-22-47-45(55)58-28-31-13-5-4-6-14-31;;/h4-10,13-18,20-21,24,27,30,36,39-41,46H,11-12,19,22-23,25-26,28-29H2,1-3H3,(H,47,55)(H,49,51)(H,50,52)(H,53,54)(H,56,57);;/q-1;2*+1/p-1/t36?,39-,40-,41?;;/m0../s1. The Labute approximate surface area is 402 Å². The SMILES string of the molecule is CN[C@@H](CCCCNC(=O)OCc1ccccc1)C(=O)NC(Cc1ccc2ccccc2c1)P(=O)(O)CC(CC(C)C)C(=O)N[C@@H](Cc1c[n-]c2ccccc12)C(=O)[O-].[Na+].[Na+]. The first-order valence-electron chi connectivity index (χ1n) is 20.0. The first-order valence-corrected chi connectivity index (χ1v) is 22.0. The van der Waals surface area contributed by atoms with Crippen LogP contribution in [0.5, 0.6) is 0 Å². The van der Waals surface area contributed by atoms with Gasteiger partial charge in [0.15, 0.2) is 0 Å². The quantitative estimate of drug-likeness (QED) is 0.0328. The van der Waals surface area contributed by atoms with E-state index in [0.29, 0.717) is 42.5 Å². The third-order valence-corrected chi connectivity index (χ3v) is 12.6. The van der Waals surface area contributed by atoms with E-state index in [4.69, 9.17) is 4.74 Å². The number of nitrogens with zero attached hydrogens (tertiary/aromatic N) is 1. The Hall–Kier alpha value is -3.49. The Morgan fingerprint density at radius 3 is 2.20 bits per heavy atom. The van der Waals surface area contributed by atoms with Crippen LogP contribution in [0.25, 0.3) is 21.7 Å². The molecule has 0 fully saturated rings. The van der Waals surface area contributed by atoms with Crippen LogP contribution in [0.1, 0.15) is 56.2 Å². The van der Waals surface area contributed by atoms with Gasteiger partial charge in [-0.25, -0.2) is 4.79 Å². The zero-order valence-electron chi connectivity index (χ0n) is 35.8. The van der Waals surface area contributed by atoms with Crippen molar-refractivity contribution in [3.05, 3.63) is 120 Å². The van der Waals surface area contributed by atoms with Gasteiger partial charge in [-0.1, -0.05) is 116 Å². The molecule has 0 bridgehead atoms. The second-order valence-electron chi connectivity index (χ2n) is 15.4. The molecule has 4 aromatic carbocycles. The van der Waals surface area contributed by atoms with Crippen LogP contribution in [0.4, 0.5) is 4.79 Å². The number of likely N-dealkylation sites (N-methyl/N-ethyl adjacent to an activating group) is 1. The fourth-order valence-electron chi connectivity index (χ4n) is 7.21. The molecule has 0 saturated heterocycles. The number of para-hydroxylation sites is 1. The van der Waals surface area contributed by atoms with E-state index in [9.17, 15) is 33.7 Å². The van der Waals surface area contributed by atoms with Crippen molar-refractivity contribution in [2.24, 2.45) is 11.8 Å². The number of aliphatic carboxylic acids is 1. The average Bonchev–Trinajstić information content (AvgIpc) is 3.63. The van der Waals surface area contributed by atoms with Crippen LogP contribution in [-0.4, -0.2) is 66.4 Å². The predicted octanol–water partition coefficient (Wildman–Crippen LogP) is -0.962. The summed E-state index contributed by atoms with van der Waals surface area (Å²) < 4.78 is 19.9. The van der Waals surface area contributed by atoms with E-state index in [1.807, 2.05) is 111 Å². The summed E-state index contributed by atoms with van der Waals surface area (Å²) in [6.07, 6.45) is 2.13. The van der Waals surface area contributed by atoms with Crippen molar-refractivity contribution in [2.75, 3.05) is 19.8 Å². The van der Waals surface area contributed by atoms with Crippen LogP contribution in [0.15, 0.2) is 103 Å². The van der Waals surface area contributed by atoms with Crippen molar-refractivity contribution in [2.45, 2.75) is 76.8 Å². The molecule has 5 aromatic rings. The number of alkyl carbamates (subject to hydrolysis) is 1. The predicted molar refractivity (Wildman–Crippen MR) is 226 cm³/mol. The third-order valence-electron chi connectivity index (χ3n) is 10.3. The number of carbonyl (C=O) groups excluding carboxylic acids is 4. The number of benzene rings is 4. The van der Waals surface area contributed by atoms with Crippen molar-refractivity contribution in [3.8, 4) is 0 Å². The first kappa shape index (κ1) is 51.9. The summed E-state index contributed by atoms with van der Waals surface area (Å²) >= 11 is 0. The molecule has 0 aliphatic carbocycles. The molecule has 0 radical (unpaired) electrons. The van der Waals surface area contributed by atoms with Crippen molar-refractivity contribution < 1.29 is 97.6 Å². The molecule has 61 heavy (non-hydrogen) atoms. The fraction of sp³-hybridized carbons (Fsp3) is 0.378. The summed E-state index contributed by atoms with van der Waals surface area (Å²) in [7, 11) is -2.76. The van der Waals surface area contributed by atoms with Gasteiger partial charge < -0.3 is 45.8 Å². The van der Waals surface area contributed by atoms with Crippen molar-refractivity contribution in [3.63, 3.8) is 0 Å². The molecule has 5 atom stereocenters. The largest absolute Gasteiger partial charge is 1.00 e. The van der Waals surface area contributed by atoms with Gasteiger partial charge >= 0.3 is 65.2 Å². The maximum Gasteiger partial charge on any atom is 1.00 e. The van der Waals surface area contributed by atoms with Crippen LogP contribution in [0.3, 0.4) is 0 Å². The number of ether oxygens (including phenoxy) is 1. The van der Waals surface area contributed by atoms with E-state index in [1.165, 1.54) is 0 Å². The topological polar surface area (TPSA) is 200 Å². The van der Waals surface area contributed by atoms with Gasteiger partial charge in [0.2, 0.25) is 19.2 Å². The molecule has 0 aliphatic heterocycles. The fourth-order valence-corrected chi connectivity index (χ4v) is 9.24. The Morgan fingerprint density at radius 2 is 1.49 bits per heavy atom. The number of carbonyl (C=O) groups is 4. The molecule has 3 amide bonds. The van der Waals surface area contributed by atoms with E-state index < -0.39 is 61.2 Å². The molecule has 0 aliphatic rings. The summed E-state index contributed by atoms with van der Waals surface area (Å²) in [6, 6.07) is 27.8. The van der Waals surface area contributed by atoms with Gasteiger partial charge in [-0.3, -0.25) is 14.2 Å². The van der Waals surface area contributed by atoms with Gasteiger partial charge in [-0.15, -0.1) is 5.52 Å². The maximum atomic E-state index is 14.6. The van der Waals surface area contributed by atoms with Gasteiger partial charge in [-0.05, 0) is 72.4 Å². The van der Waals surface area contributed by atoms with Gasteiger partial charge in [0, 0.05) is 25.0 Å². The van der Waals surface area contributed by atoms with Crippen LogP contribution in [0, 0.1) is 11.8 Å². The molecule has 1 aromatic heterocycles. The number of fused-ring (bicyclic) bond motifs is 2. The smallest absolute Gasteiger partial charge is 0.663 e. The van der Waals surface area contributed by atoms with E-state index in [0.717, 1.165) is 21.7 Å². The first-order chi connectivity index (χ1) is 28.3. The Kier molecular flexibility index (Phi) is 21.7. The Morgan fingerprint density at radius 1 is 0.803 bits per heavy atom. The van der Waals surface area contributed by atoms with Gasteiger partial charge in [0.25, 0.3) is 0 Å².